The van der Waals surface area contributed by atoms with Gasteiger partial charge in [-0.15, -0.1) is 0 Å². The lowest BCUT2D eigenvalue weighted by Gasteiger charge is -2.32. The van der Waals surface area contributed by atoms with Crippen molar-refractivity contribution >= 4 is 78.3 Å². The lowest BCUT2D eigenvalue weighted by molar-refractivity contribution is -0.143. The lowest BCUT2D eigenvalue weighted by Crippen LogP contribution is -2.38. The van der Waals surface area contributed by atoms with Gasteiger partial charge in [0.25, 0.3) is 0 Å². The maximum atomic E-state index is 15.5. The topological polar surface area (TPSA) is 198 Å². The first-order valence-corrected chi connectivity index (χ1v) is 19.1. The number of methoxy groups -OCH3 is 3. The van der Waals surface area contributed by atoms with Crippen LogP contribution in [0.2, 0.25) is 0 Å². The van der Waals surface area contributed by atoms with Crippen molar-refractivity contribution < 1.29 is 43.9 Å². The molecule has 292 valence electrons. The Morgan fingerprint density at radius 1 is 0.714 bits per heavy atom. The van der Waals surface area contributed by atoms with Gasteiger partial charge in [-0.1, -0.05) is 24.5 Å². The third-order valence-electron chi connectivity index (χ3n) is 12.5. The van der Waals surface area contributed by atoms with Crippen molar-refractivity contribution in [2.45, 2.75) is 83.2 Å². The first-order valence-electron chi connectivity index (χ1n) is 19.1. The van der Waals surface area contributed by atoms with E-state index in [1.54, 1.807) is 19.1 Å². The van der Waals surface area contributed by atoms with E-state index in [4.69, 9.17) is 14.2 Å². The molecule has 0 amide bonds. The predicted molar refractivity (Wildman–Crippen MR) is 214 cm³/mol. The van der Waals surface area contributed by atoms with Gasteiger partial charge in [0.15, 0.2) is 5.75 Å². The summed E-state index contributed by atoms with van der Waals surface area (Å²) in [4.78, 5) is 68.2. The van der Waals surface area contributed by atoms with Crippen LogP contribution in [0.3, 0.4) is 0 Å². The molecule has 3 unspecified atom stereocenters. The van der Waals surface area contributed by atoms with Crippen molar-refractivity contribution in [3.63, 3.8) is 0 Å². The number of aliphatic carboxylic acids is 2. The van der Waals surface area contributed by atoms with Gasteiger partial charge in [0, 0.05) is 68.0 Å². The summed E-state index contributed by atoms with van der Waals surface area (Å²) < 4.78 is 17.9. The number of ether oxygens (including phenoxy) is 3. The van der Waals surface area contributed by atoms with Crippen molar-refractivity contribution in [3.05, 3.63) is 49.3 Å². The molecule has 0 aromatic heterocycles. The molecule has 56 heavy (non-hydrogen) atoms. The van der Waals surface area contributed by atoms with E-state index in [-0.39, 0.29) is 45.5 Å². The number of anilines is 2. The maximum absolute atomic E-state index is 15.5. The number of carbonyl (C=O) groups is 3. The number of benzene rings is 5. The Hall–Kier alpha value is -5.85. The molecule has 5 aromatic rings. The predicted octanol–water partition coefficient (Wildman–Crippen LogP) is 6.83. The molecule has 3 aliphatic rings. The third-order valence-corrected chi connectivity index (χ3v) is 12.5. The van der Waals surface area contributed by atoms with Gasteiger partial charge in [-0.05, 0) is 57.8 Å². The Balaban J connectivity index is 1.61. The van der Waals surface area contributed by atoms with Crippen LogP contribution in [0.5, 0.6) is 23.0 Å². The minimum Gasteiger partial charge on any atom is -0.507 e. The number of hydrogen-bond donors (Lipinski definition) is 5. The smallest absolute Gasteiger partial charge is 0.308 e. The van der Waals surface area contributed by atoms with Crippen LogP contribution in [0.25, 0.3) is 49.2 Å². The SMILES string of the molecule is COc1c2c3c4c(c(NC5CCCCC5C(=O)O)c(=O)c5c(NC6CCC(C(=O)O)CC6)cc(OC)c(c6c(OC)cc(O)c(c1=O)c63)c54)C=C(C)C2C(C)=O. The highest BCUT2D eigenvalue weighted by Crippen LogP contribution is 2.56. The van der Waals surface area contributed by atoms with Crippen LogP contribution < -0.4 is 35.7 Å². The van der Waals surface area contributed by atoms with Gasteiger partial charge in [-0.2, -0.15) is 0 Å². The van der Waals surface area contributed by atoms with Gasteiger partial charge < -0.3 is 40.2 Å². The average Bonchev–Trinajstić information content (AvgIpc) is 3.30. The molecule has 0 spiro atoms. The molecular weight excluding hydrogens is 720 g/mol. The number of phenols is 1. The van der Waals surface area contributed by atoms with Gasteiger partial charge in [-0.25, -0.2) is 0 Å². The maximum Gasteiger partial charge on any atom is 0.308 e. The van der Waals surface area contributed by atoms with Crippen LogP contribution in [-0.2, 0) is 14.4 Å². The summed E-state index contributed by atoms with van der Waals surface area (Å²) >= 11 is 0. The normalized spacial score (nSPS) is 22.3. The Labute approximate surface area is 320 Å². The standard InChI is InChI=1S/C43H44N2O11/c1-17-14-22-29-34-30(39(48)38(22)45-23-9-7-6-8-21(23)43(52)53)24(44-20-12-10-19(11-13-20)42(50)51)15-26(54-3)32(34)33-27(55-4)16-25(47)31-36(33)35(29)37(28(17)18(2)46)41(56-5)40(31)49/h14-16,19-21,23,28,44-45,47H,6-13H2,1-5H3,(H,50,51)(H,52,53). The monoisotopic (exact) mass is 764 g/mol. The lowest BCUT2D eigenvalue weighted by atomic mass is 9.80. The summed E-state index contributed by atoms with van der Waals surface area (Å²) in [5.74, 6) is -4.23. The molecule has 13 heteroatoms. The summed E-state index contributed by atoms with van der Waals surface area (Å²) in [6.07, 6.45) is 6.21. The highest BCUT2D eigenvalue weighted by molar-refractivity contribution is 6.40. The van der Waals surface area contributed by atoms with E-state index in [9.17, 15) is 34.5 Å². The number of rotatable bonds is 10. The molecule has 0 heterocycles. The minimum absolute atomic E-state index is 0.0543. The molecule has 13 nitrogen and oxygen atoms in total. The van der Waals surface area contributed by atoms with Gasteiger partial charge in [-0.3, -0.25) is 24.0 Å². The number of ketones is 1. The zero-order valence-corrected chi connectivity index (χ0v) is 31.9. The molecule has 3 aliphatic carbocycles. The third kappa shape index (κ3) is 5.37. The highest BCUT2D eigenvalue weighted by Gasteiger charge is 2.39. The van der Waals surface area contributed by atoms with E-state index in [1.807, 2.05) is 0 Å². The number of hydrogen-bond acceptors (Lipinski definition) is 11. The van der Waals surface area contributed by atoms with Gasteiger partial charge in [0.05, 0.1) is 55.5 Å². The zero-order valence-electron chi connectivity index (χ0n) is 31.9. The summed E-state index contributed by atoms with van der Waals surface area (Å²) in [7, 11) is 4.27. The van der Waals surface area contributed by atoms with Crippen molar-refractivity contribution in [1.29, 1.82) is 0 Å². The summed E-state index contributed by atoms with van der Waals surface area (Å²) in [6, 6.07) is 2.30. The molecule has 8 rings (SSSR count). The summed E-state index contributed by atoms with van der Waals surface area (Å²) in [6.45, 7) is 3.18. The molecule has 5 aromatic carbocycles. The fraction of sp³-hybridized carbons (Fsp3) is 0.419. The first kappa shape index (κ1) is 37.1. The van der Waals surface area contributed by atoms with Crippen molar-refractivity contribution in [1.82, 2.24) is 0 Å². The summed E-state index contributed by atoms with van der Waals surface area (Å²) in [5.41, 5.74) is 0.803. The van der Waals surface area contributed by atoms with Gasteiger partial charge in [0.2, 0.25) is 10.9 Å². The van der Waals surface area contributed by atoms with Crippen LogP contribution in [0.1, 0.15) is 82.3 Å². The van der Waals surface area contributed by atoms with E-state index >= 15 is 4.79 Å². The van der Waals surface area contributed by atoms with Crippen molar-refractivity contribution in [3.8, 4) is 23.0 Å². The van der Waals surface area contributed by atoms with Crippen molar-refractivity contribution in [2.24, 2.45) is 11.8 Å². The second-order valence-corrected chi connectivity index (χ2v) is 15.6. The second kappa shape index (κ2) is 13.7. The van der Waals surface area contributed by atoms with E-state index < -0.39 is 46.6 Å². The fourth-order valence-electron chi connectivity index (χ4n) is 10.0. The number of fused-ring (bicyclic) bond motifs is 1. The van der Waals surface area contributed by atoms with Crippen LogP contribution in [0, 0.1) is 11.8 Å². The van der Waals surface area contributed by atoms with Gasteiger partial charge >= 0.3 is 11.9 Å². The second-order valence-electron chi connectivity index (χ2n) is 15.6. The molecule has 0 saturated heterocycles. The Kier molecular flexibility index (Phi) is 9.08. The quantitative estimate of drug-likeness (QED) is 0.0734. The molecule has 2 saturated carbocycles. The Morgan fingerprint density at radius 2 is 1.36 bits per heavy atom. The molecule has 0 aliphatic heterocycles. The number of carboxylic acid groups (broad SMARTS) is 2. The minimum atomic E-state index is -0.987. The number of nitrogens with one attached hydrogen (secondary N) is 2. The Bertz CT molecular complexity index is 2640. The van der Waals surface area contributed by atoms with Crippen molar-refractivity contribution in [2.75, 3.05) is 32.0 Å². The van der Waals surface area contributed by atoms with Crippen LogP contribution >= 0.6 is 0 Å². The average molecular weight is 765 g/mol. The number of aromatic hydroxyl groups is 1. The van der Waals surface area contributed by atoms with Crippen LogP contribution in [-0.4, -0.2) is 66.5 Å². The van der Waals surface area contributed by atoms with E-state index in [2.05, 4.69) is 10.6 Å². The molecule has 0 bridgehead atoms. The van der Waals surface area contributed by atoms with E-state index in [0.717, 1.165) is 12.8 Å². The molecule has 0 radical (unpaired) electrons. The molecule has 5 N–H and O–H groups in total. The zero-order chi connectivity index (χ0) is 39.9. The largest absolute Gasteiger partial charge is 0.507 e. The van der Waals surface area contributed by atoms with E-state index in [1.165, 1.54) is 34.3 Å². The summed E-state index contributed by atoms with van der Waals surface area (Å²) in [5, 5.41) is 41.3. The molecular formula is C43H44N2O11. The first-order chi connectivity index (χ1) is 26.8. The van der Waals surface area contributed by atoms with Crippen LogP contribution in [0.15, 0.2) is 27.3 Å². The van der Waals surface area contributed by atoms with E-state index in [0.29, 0.717) is 99.0 Å². The number of carboxylic acids is 2. The fourth-order valence-corrected chi connectivity index (χ4v) is 10.0. The van der Waals surface area contributed by atoms with Gasteiger partial charge in [0.1, 0.15) is 23.0 Å². The number of Topliss-reactive ketones (excluding diaryl/α,β-unsaturated/α-hetero) is 1. The highest BCUT2D eigenvalue weighted by atomic mass is 16.5. The molecule has 3 atom stereocenters. The number of phenolic OH excluding ortho intramolecular Hbond substituents is 1. The Morgan fingerprint density at radius 3 is 1.96 bits per heavy atom. The van der Waals surface area contributed by atoms with Crippen LogP contribution in [0.4, 0.5) is 11.4 Å². The molecule has 2 fully saturated rings. The number of allylic oxidation sites excluding steroid dienone is 1. The number of carbonyl (C=O) groups excluding carboxylic acids is 1.